The lowest BCUT2D eigenvalue weighted by molar-refractivity contribution is -0.158. The summed E-state index contributed by atoms with van der Waals surface area (Å²) < 4.78 is 5.31. The van der Waals surface area contributed by atoms with Crippen LogP contribution in [0.1, 0.15) is 45.0 Å². The van der Waals surface area contributed by atoms with Crippen LogP contribution in [-0.4, -0.2) is 28.5 Å². The van der Waals surface area contributed by atoms with Gasteiger partial charge in [-0.25, -0.2) is 4.79 Å². The molecule has 1 atom stereocenters. The zero-order valence-electron chi connectivity index (χ0n) is 13.0. The fourth-order valence-electron chi connectivity index (χ4n) is 1.64. The quantitative estimate of drug-likeness (QED) is 0.823. The molecule has 1 aromatic heterocycles. The van der Waals surface area contributed by atoms with Crippen molar-refractivity contribution in [3.05, 3.63) is 34.2 Å². The number of carbonyl (C=O) groups excluding carboxylic acids is 2. The number of H-pyrrole nitrogens is 1. The van der Waals surface area contributed by atoms with Crippen molar-refractivity contribution < 1.29 is 14.3 Å². The van der Waals surface area contributed by atoms with Gasteiger partial charge in [-0.05, 0) is 32.8 Å². The molecule has 1 heterocycles. The summed E-state index contributed by atoms with van der Waals surface area (Å²) in [5, 5.41) is 2.64. The lowest BCUT2D eigenvalue weighted by atomic mass is 10.0. The first-order valence-electron chi connectivity index (χ1n) is 6.82. The van der Waals surface area contributed by atoms with Gasteiger partial charge in [0.1, 0.15) is 11.6 Å². The highest BCUT2D eigenvalue weighted by atomic mass is 16.6. The summed E-state index contributed by atoms with van der Waals surface area (Å²) in [6.07, 6.45) is 1.31. The largest absolute Gasteiger partial charge is 0.458 e. The van der Waals surface area contributed by atoms with Crippen molar-refractivity contribution in [2.24, 2.45) is 5.92 Å². The Hall–Kier alpha value is -2.11. The van der Waals surface area contributed by atoms with Crippen LogP contribution in [0.15, 0.2) is 23.1 Å². The number of pyridine rings is 1. The molecule has 6 heteroatoms. The van der Waals surface area contributed by atoms with E-state index in [-0.39, 0.29) is 17.0 Å². The number of aromatic amines is 1. The van der Waals surface area contributed by atoms with Crippen LogP contribution >= 0.6 is 0 Å². The van der Waals surface area contributed by atoms with E-state index in [0.29, 0.717) is 0 Å². The van der Waals surface area contributed by atoms with Crippen molar-refractivity contribution in [3.63, 3.8) is 0 Å². The maximum Gasteiger partial charge on any atom is 0.329 e. The van der Waals surface area contributed by atoms with Crippen LogP contribution in [0.5, 0.6) is 0 Å². The molecule has 1 rings (SSSR count). The molecule has 0 spiro atoms. The standard InChI is InChI=1S/C15H22N2O4/c1-9(2)12(14(20)21-15(3,4)5)17-13(19)10-6-7-11(18)16-8-10/h6-9,12H,1-5H3,(H,16,18)(H,17,19)/t12-/m0/s1. The number of esters is 1. The lowest BCUT2D eigenvalue weighted by Gasteiger charge is -2.26. The number of ether oxygens (including phenoxy) is 1. The predicted octanol–water partition coefficient (Wildman–Crippen LogP) is 1.47. The van der Waals surface area contributed by atoms with Crippen LogP contribution in [0.3, 0.4) is 0 Å². The lowest BCUT2D eigenvalue weighted by Crippen LogP contribution is -2.47. The SMILES string of the molecule is CC(C)[C@H](NC(=O)c1ccc(=O)[nH]c1)C(=O)OC(C)(C)C. The first-order chi connectivity index (χ1) is 9.60. The van der Waals surface area contributed by atoms with Crippen LogP contribution < -0.4 is 10.9 Å². The molecule has 0 bridgehead atoms. The highest BCUT2D eigenvalue weighted by Gasteiger charge is 2.29. The number of amides is 1. The Kier molecular flexibility index (Phi) is 5.29. The van der Waals surface area contributed by atoms with Crippen molar-refractivity contribution in [2.75, 3.05) is 0 Å². The summed E-state index contributed by atoms with van der Waals surface area (Å²) in [4.78, 5) is 37.6. The summed E-state index contributed by atoms with van der Waals surface area (Å²) in [5.41, 5.74) is -0.629. The number of aromatic nitrogens is 1. The smallest absolute Gasteiger partial charge is 0.329 e. The normalized spacial score (nSPS) is 12.9. The minimum absolute atomic E-state index is 0.119. The van der Waals surface area contributed by atoms with Crippen LogP contribution in [0.2, 0.25) is 0 Å². The number of carbonyl (C=O) groups is 2. The van der Waals surface area contributed by atoms with E-state index < -0.39 is 23.5 Å². The summed E-state index contributed by atoms with van der Waals surface area (Å²) in [6, 6.07) is 1.91. The van der Waals surface area contributed by atoms with Crippen molar-refractivity contribution in [1.29, 1.82) is 0 Å². The molecule has 0 fully saturated rings. The number of nitrogens with one attached hydrogen (secondary N) is 2. The number of hydrogen-bond donors (Lipinski definition) is 2. The van der Waals surface area contributed by atoms with Gasteiger partial charge in [0.05, 0.1) is 5.56 Å². The molecule has 1 aromatic rings. The highest BCUT2D eigenvalue weighted by molar-refractivity contribution is 5.96. The molecule has 116 valence electrons. The molecule has 0 aromatic carbocycles. The predicted molar refractivity (Wildman–Crippen MR) is 79.0 cm³/mol. The second-order valence-electron chi connectivity index (χ2n) is 6.17. The third-order valence-corrected chi connectivity index (χ3v) is 2.66. The van der Waals surface area contributed by atoms with Crippen molar-refractivity contribution >= 4 is 11.9 Å². The molecule has 0 saturated heterocycles. The average Bonchev–Trinajstić information content (AvgIpc) is 2.33. The molecular weight excluding hydrogens is 272 g/mol. The van der Waals surface area contributed by atoms with Crippen molar-refractivity contribution in [3.8, 4) is 0 Å². The van der Waals surface area contributed by atoms with Crippen molar-refractivity contribution in [1.82, 2.24) is 10.3 Å². The van der Waals surface area contributed by atoms with Gasteiger partial charge in [0.15, 0.2) is 0 Å². The first kappa shape index (κ1) is 16.9. The van der Waals surface area contributed by atoms with E-state index in [4.69, 9.17) is 4.74 Å². The first-order valence-corrected chi connectivity index (χ1v) is 6.82. The maximum atomic E-state index is 12.1. The highest BCUT2D eigenvalue weighted by Crippen LogP contribution is 2.12. The van der Waals surface area contributed by atoms with Crippen molar-refractivity contribution in [2.45, 2.75) is 46.3 Å². The Morgan fingerprint density at radius 1 is 1.24 bits per heavy atom. The van der Waals surface area contributed by atoms with Gasteiger partial charge in [0.2, 0.25) is 5.56 Å². The van der Waals surface area contributed by atoms with Crippen LogP contribution in [0.25, 0.3) is 0 Å². The Morgan fingerprint density at radius 3 is 2.29 bits per heavy atom. The summed E-state index contributed by atoms with van der Waals surface area (Å²) >= 11 is 0. The van der Waals surface area contributed by atoms with E-state index >= 15 is 0 Å². The topological polar surface area (TPSA) is 88.3 Å². The molecule has 0 radical (unpaired) electrons. The third-order valence-electron chi connectivity index (χ3n) is 2.66. The third kappa shape index (κ3) is 5.41. The molecule has 0 unspecified atom stereocenters. The van der Waals surface area contributed by atoms with Gasteiger partial charge in [-0.2, -0.15) is 0 Å². The van der Waals surface area contributed by atoms with E-state index in [1.165, 1.54) is 18.3 Å². The molecule has 0 aliphatic heterocycles. The Morgan fingerprint density at radius 2 is 1.86 bits per heavy atom. The fraction of sp³-hybridized carbons (Fsp3) is 0.533. The minimum Gasteiger partial charge on any atom is -0.458 e. The molecule has 6 nitrogen and oxygen atoms in total. The molecule has 2 N–H and O–H groups in total. The average molecular weight is 294 g/mol. The molecular formula is C15H22N2O4. The van der Waals surface area contributed by atoms with Gasteiger partial charge in [-0.3, -0.25) is 9.59 Å². The molecule has 1 amide bonds. The van der Waals surface area contributed by atoms with Gasteiger partial charge in [-0.1, -0.05) is 13.8 Å². The fourth-order valence-corrected chi connectivity index (χ4v) is 1.64. The summed E-state index contributed by atoms with van der Waals surface area (Å²) in [5.74, 6) is -1.03. The van der Waals surface area contributed by atoms with Gasteiger partial charge in [-0.15, -0.1) is 0 Å². The maximum absolute atomic E-state index is 12.1. The molecule has 21 heavy (non-hydrogen) atoms. The Labute approximate surface area is 123 Å². The number of rotatable bonds is 4. The van der Waals surface area contributed by atoms with Gasteiger partial charge >= 0.3 is 5.97 Å². The van der Waals surface area contributed by atoms with Crippen LogP contribution in [-0.2, 0) is 9.53 Å². The van der Waals surface area contributed by atoms with E-state index in [0.717, 1.165) is 0 Å². The van der Waals surface area contributed by atoms with E-state index in [9.17, 15) is 14.4 Å². The van der Waals surface area contributed by atoms with Crippen LogP contribution in [0, 0.1) is 5.92 Å². The second kappa shape index (κ2) is 6.56. The molecule has 0 aliphatic carbocycles. The Balaban J connectivity index is 2.83. The van der Waals surface area contributed by atoms with E-state index in [1.54, 1.807) is 20.8 Å². The van der Waals surface area contributed by atoms with Crippen LogP contribution in [0.4, 0.5) is 0 Å². The zero-order valence-corrected chi connectivity index (χ0v) is 13.0. The van der Waals surface area contributed by atoms with E-state index in [2.05, 4.69) is 10.3 Å². The minimum atomic E-state index is -0.747. The Bertz CT molecular complexity index is 549. The zero-order chi connectivity index (χ0) is 16.2. The molecule has 0 saturated carbocycles. The van der Waals surface area contributed by atoms with E-state index in [1.807, 2.05) is 13.8 Å². The second-order valence-corrected chi connectivity index (χ2v) is 6.17. The van der Waals surface area contributed by atoms with Gasteiger partial charge in [0, 0.05) is 12.3 Å². The van der Waals surface area contributed by atoms with Gasteiger partial charge < -0.3 is 15.0 Å². The monoisotopic (exact) mass is 294 g/mol. The molecule has 0 aliphatic rings. The summed E-state index contributed by atoms with van der Waals surface area (Å²) in [6.45, 7) is 8.95. The van der Waals surface area contributed by atoms with Gasteiger partial charge in [0.25, 0.3) is 5.91 Å². The summed E-state index contributed by atoms with van der Waals surface area (Å²) in [7, 11) is 0. The number of hydrogen-bond acceptors (Lipinski definition) is 4.